The Morgan fingerprint density at radius 2 is 1.97 bits per heavy atom. The molecule has 1 saturated heterocycles. The summed E-state index contributed by atoms with van der Waals surface area (Å²) in [4.78, 5) is 23.8. The van der Waals surface area contributed by atoms with E-state index in [0.717, 1.165) is 37.0 Å². The molecular weight excluding hydrogens is 426 g/mol. The molecule has 0 radical (unpaired) electrons. The molecule has 1 aliphatic heterocycles. The van der Waals surface area contributed by atoms with E-state index < -0.39 is 10.0 Å². The van der Waals surface area contributed by atoms with E-state index in [1.54, 1.807) is 12.4 Å². The average Bonchev–Trinajstić information content (AvgIpc) is 3.11. The average molecular weight is 464 g/mol. The summed E-state index contributed by atoms with van der Waals surface area (Å²) in [5.74, 6) is 0.355. The number of amides is 1. The number of hydrogen-bond donors (Lipinski definition) is 0. The molecule has 178 valence electrons. The van der Waals surface area contributed by atoms with Gasteiger partial charge in [0.1, 0.15) is 0 Å². The highest BCUT2D eigenvalue weighted by Gasteiger charge is 2.30. The van der Waals surface area contributed by atoms with Crippen LogP contribution in [0.1, 0.15) is 70.2 Å². The number of sulfonamides is 1. The van der Waals surface area contributed by atoms with Crippen LogP contribution < -0.4 is 0 Å². The lowest BCUT2D eigenvalue weighted by Crippen LogP contribution is -2.46. The van der Waals surface area contributed by atoms with E-state index in [1.807, 2.05) is 24.9 Å². The van der Waals surface area contributed by atoms with Crippen molar-refractivity contribution in [3.8, 4) is 0 Å². The number of carbonyl (C=O) groups excluding carboxylic acids is 1. The maximum Gasteiger partial charge on any atom is 0.237 e. The van der Waals surface area contributed by atoms with Gasteiger partial charge in [-0.15, -0.1) is 0 Å². The molecule has 8 nitrogen and oxygen atoms in total. The number of carbonyl (C=O) groups is 1. The zero-order valence-corrected chi connectivity index (χ0v) is 20.6. The van der Waals surface area contributed by atoms with Crippen molar-refractivity contribution in [2.24, 2.45) is 5.92 Å². The van der Waals surface area contributed by atoms with E-state index in [9.17, 15) is 13.2 Å². The van der Waals surface area contributed by atoms with Crippen molar-refractivity contribution in [1.29, 1.82) is 0 Å². The fourth-order valence-corrected chi connectivity index (χ4v) is 5.39. The van der Waals surface area contributed by atoms with Crippen molar-refractivity contribution in [3.63, 3.8) is 0 Å². The zero-order valence-electron chi connectivity index (χ0n) is 19.8. The molecule has 0 aromatic carbocycles. The predicted octanol–water partition coefficient (Wildman–Crippen LogP) is 3.09. The maximum atomic E-state index is 12.9. The van der Waals surface area contributed by atoms with Gasteiger partial charge in [-0.3, -0.25) is 9.78 Å². The number of fused-ring (bicyclic) bond motifs is 1. The van der Waals surface area contributed by atoms with Crippen LogP contribution in [-0.2, 0) is 21.2 Å². The van der Waals surface area contributed by atoms with Crippen molar-refractivity contribution in [2.45, 2.75) is 65.2 Å². The van der Waals surface area contributed by atoms with Gasteiger partial charge < -0.3 is 9.30 Å². The number of piperidine rings is 1. The van der Waals surface area contributed by atoms with Crippen LogP contribution in [0.25, 0.3) is 5.65 Å². The Morgan fingerprint density at radius 3 is 2.59 bits per heavy atom. The van der Waals surface area contributed by atoms with Gasteiger partial charge in [-0.05, 0) is 31.6 Å². The van der Waals surface area contributed by atoms with Crippen molar-refractivity contribution in [1.82, 2.24) is 23.6 Å². The van der Waals surface area contributed by atoms with Crippen LogP contribution in [0.2, 0.25) is 0 Å². The molecule has 1 fully saturated rings. The minimum absolute atomic E-state index is 0.0794. The predicted molar refractivity (Wildman–Crippen MR) is 126 cm³/mol. The Bertz CT molecular complexity index is 1010. The van der Waals surface area contributed by atoms with E-state index in [2.05, 4.69) is 16.3 Å². The first-order chi connectivity index (χ1) is 15.2. The first-order valence-electron chi connectivity index (χ1n) is 11.7. The zero-order chi connectivity index (χ0) is 23.3. The van der Waals surface area contributed by atoms with Crippen molar-refractivity contribution in [3.05, 3.63) is 30.0 Å². The molecule has 0 saturated carbocycles. The first-order valence-corrected chi connectivity index (χ1v) is 13.6. The molecule has 3 heterocycles. The number of rotatable bonds is 10. The topological polar surface area (TPSA) is 87.9 Å². The number of nitrogens with zero attached hydrogens (tertiary/aromatic N) is 5. The second-order valence-electron chi connectivity index (χ2n) is 9.31. The highest BCUT2D eigenvalue weighted by Crippen LogP contribution is 2.31. The number of likely N-dealkylation sites (tertiary alicyclic amines) is 1. The van der Waals surface area contributed by atoms with Crippen LogP contribution in [-0.4, -0.2) is 70.3 Å². The van der Waals surface area contributed by atoms with Crippen molar-refractivity contribution in [2.75, 3.05) is 32.4 Å². The van der Waals surface area contributed by atoms with Crippen molar-refractivity contribution >= 4 is 21.6 Å². The van der Waals surface area contributed by atoms with Gasteiger partial charge in [0.05, 0.1) is 24.7 Å². The molecule has 1 amide bonds. The van der Waals surface area contributed by atoms with Crippen LogP contribution >= 0.6 is 0 Å². The van der Waals surface area contributed by atoms with Crippen LogP contribution in [0.4, 0.5) is 0 Å². The summed E-state index contributed by atoms with van der Waals surface area (Å²) in [6, 6.07) is 0. The number of aromatic nitrogens is 3. The fraction of sp³-hybridized carbons (Fsp3) is 0.696. The summed E-state index contributed by atoms with van der Waals surface area (Å²) in [5.41, 5.74) is 3.28. The van der Waals surface area contributed by atoms with Crippen LogP contribution in [0.3, 0.4) is 0 Å². The van der Waals surface area contributed by atoms with Crippen LogP contribution in [0, 0.1) is 5.92 Å². The largest absolute Gasteiger partial charge is 0.342 e. The Hall–Kier alpha value is -2.00. The molecule has 0 atom stereocenters. The summed E-state index contributed by atoms with van der Waals surface area (Å²) in [6.45, 7) is 7.65. The minimum atomic E-state index is -3.41. The van der Waals surface area contributed by atoms with E-state index in [1.165, 1.54) is 29.1 Å². The number of unbranched alkanes of at least 4 members (excludes halogenated alkanes) is 2. The van der Waals surface area contributed by atoms with E-state index in [0.29, 0.717) is 25.6 Å². The summed E-state index contributed by atoms with van der Waals surface area (Å²) in [6.07, 6.45) is 12.9. The summed E-state index contributed by atoms with van der Waals surface area (Å²) < 4.78 is 27.6. The lowest BCUT2D eigenvalue weighted by atomic mass is 9.91. The quantitative estimate of drug-likeness (QED) is 0.505. The highest BCUT2D eigenvalue weighted by atomic mass is 32.2. The number of aryl methyl sites for hydroxylation is 1. The smallest absolute Gasteiger partial charge is 0.237 e. The molecule has 0 spiro atoms. The Morgan fingerprint density at radius 1 is 1.25 bits per heavy atom. The van der Waals surface area contributed by atoms with Gasteiger partial charge in [0.25, 0.3) is 0 Å². The molecule has 0 aliphatic carbocycles. The SMILES string of the molecule is CCCCCc1c(C2CCN(C(=O)CN(CC(C)C)S(C)(=O)=O)CC2)nc2cnccn12. The van der Waals surface area contributed by atoms with E-state index >= 15 is 0 Å². The Labute approximate surface area is 192 Å². The third-order valence-electron chi connectivity index (χ3n) is 6.16. The molecule has 9 heteroatoms. The molecule has 32 heavy (non-hydrogen) atoms. The second-order valence-corrected chi connectivity index (χ2v) is 11.3. The summed E-state index contributed by atoms with van der Waals surface area (Å²) in [7, 11) is -3.41. The molecule has 3 rings (SSSR count). The van der Waals surface area contributed by atoms with Crippen LogP contribution in [0.5, 0.6) is 0 Å². The summed E-state index contributed by atoms with van der Waals surface area (Å²) in [5, 5.41) is 0. The van der Waals surface area contributed by atoms with Gasteiger partial charge in [0.15, 0.2) is 5.65 Å². The second kappa shape index (κ2) is 10.7. The van der Waals surface area contributed by atoms with Gasteiger partial charge in [-0.1, -0.05) is 33.6 Å². The molecule has 2 aromatic rings. The molecule has 1 aliphatic rings. The molecule has 0 unspecified atom stereocenters. The normalized spacial score (nSPS) is 15.9. The molecule has 0 bridgehead atoms. The van der Waals surface area contributed by atoms with Crippen LogP contribution in [0.15, 0.2) is 18.6 Å². The highest BCUT2D eigenvalue weighted by molar-refractivity contribution is 7.88. The van der Waals surface area contributed by atoms with Gasteiger partial charge in [0.2, 0.25) is 15.9 Å². The van der Waals surface area contributed by atoms with E-state index in [-0.39, 0.29) is 18.4 Å². The lowest BCUT2D eigenvalue weighted by molar-refractivity contribution is -0.132. The monoisotopic (exact) mass is 463 g/mol. The van der Waals surface area contributed by atoms with Gasteiger partial charge in [-0.25, -0.2) is 13.4 Å². The van der Waals surface area contributed by atoms with E-state index in [4.69, 9.17) is 4.98 Å². The maximum absolute atomic E-state index is 12.9. The van der Waals surface area contributed by atoms with Gasteiger partial charge in [-0.2, -0.15) is 4.31 Å². The third kappa shape index (κ3) is 6.07. The molecule has 0 N–H and O–H groups in total. The number of hydrogen-bond acceptors (Lipinski definition) is 5. The summed E-state index contributed by atoms with van der Waals surface area (Å²) >= 11 is 0. The molecular formula is C23H37N5O3S. The fourth-order valence-electron chi connectivity index (χ4n) is 4.47. The first kappa shape index (κ1) is 24.6. The number of imidazole rings is 1. The third-order valence-corrected chi connectivity index (χ3v) is 7.38. The Balaban J connectivity index is 1.68. The van der Waals surface area contributed by atoms with Gasteiger partial charge >= 0.3 is 0 Å². The van der Waals surface area contributed by atoms with Crippen molar-refractivity contribution < 1.29 is 13.2 Å². The lowest BCUT2D eigenvalue weighted by Gasteiger charge is -2.33. The Kier molecular flexibility index (Phi) is 8.27. The molecule has 2 aromatic heterocycles. The standard InChI is InChI=1S/C23H37N5O3S/c1-5-6-7-8-20-23(25-21-15-24-11-14-28(20)21)19-9-12-26(13-10-19)22(29)17-27(16-18(2)3)32(4,30)31/h11,14-15,18-19H,5-10,12-13,16-17H2,1-4H3. The van der Waals surface area contributed by atoms with Gasteiger partial charge in [0, 0.05) is 43.6 Å². The minimum Gasteiger partial charge on any atom is -0.342 e.